The number of aromatic amines is 1. The smallest absolute Gasteiger partial charge is 0.355 e. The number of rotatable bonds is 4. The molecule has 2 aromatic heterocycles. The van der Waals surface area contributed by atoms with Gasteiger partial charge in [-0.05, 0) is 17.8 Å². The minimum absolute atomic E-state index is 0.00923. The third-order valence-electron chi connectivity index (χ3n) is 4.81. The van der Waals surface area contributed by atoms with Crippen molar-refractivity contribution >= 4 is 11.7 Å². The summed E-state index contributed by atoms with van der Waals surface area (Å²) in [7, 11) is 0. The summed E-state index contributed by atoms with van der Waals surface area (Å²) in [5.74, 6) is 0.104. The molecule has 2 aliphatic rings. The largest absolute Gasteiger partial charge is 0.358 e. The molecule has 1 unspecified atom stereocenters. The van der Waals surface area contributed by atoms with Crippen molar-refractivity contribution in [2.45, 2.75) is 38.8 Å². The van der Waals surface area contributed by atoms with Crippen LogP contribution in [0, 0.1) is 15.5 Å². The van der Waals surface area contributed by atoms with Crippen LogP contribution in [0.2, 0.25) is 0 Å². The van der Waals surface area contributed by atoms with Gasteiger partial charge in [-0.15, -0.1) is 5.10 Å². The number of hydrogen-bond donors (Lipinski definition) is 1. The van der Waals surface area contributed by atoms with Crippen molar-refractivity contribution in [2.24, 2.45) is 5.41 Å². The fraction of sp³-hybridized carbons (Fsp3) is 0.533. The van der Waals surface area contributed by atoms with Crippen molar-refractivity contribution in [2.75, 3.05) is 6.54 Å². The standard InChI is InChI=1S/C15H18N6O3/c1-15(2)8-20(14(22)10-7-17-18-12(10)21(23)24)11(15)13-16-5-6-19(13)9-3-4-9/h5-7,9,11H,3-4,8H2,1-2H3,(H,17,18). The second-order valence-electron chi connectivity index (χ2n) is 7.14. The molecule has 9 nitrogen and oxygen atoms in total. The number of nitrogens with one attached hydrogen (secondary N) is 1. The van der Waals surface area contributed by atoms with Crippen molar-refractivity contribution in [1.29, 1.82) is 0 Å². The molecular weight excluding hydrogens is 312 g/mol. The van der Waals surface area contributed by atoms with Crippen molar-refractivity contribution in [3.05, 3.63) is 40.1 Å². The Bertz CT molecular complexity index is 819. The Kier molecular flexibility index (Phi) is 3.03. The average Bonchev–Trinajstić information content (AvgIpc) is 3.05. The van der Waals surface area contributed by atoms with Crippen LogP contribution in [0.4, 0.5) is 5.82 Å². The zero-order valence-corrected chi connectivity index (χ0v) is 13.5. The Morgan fingerprint density at radius 1 is 1.46 bits per heavy atom. The van der Waals surface area contributed by atoms with E-state index in [2.05, 4.69) is 33.6 Å². The quantitative estimate of drug-likeness (QED) is 0.681. The van der Waals surface area contributed by atoms with Crippen molar-refractivity contribution in [3.8, 4) is 0 Å². The second kappa shape index (κ2) is 4.89. The summed E-state index contributed by atoms with van der Waals surface area (Å²) in [4.78, 5) is 29.4. The van der Waals surface area contributed by atoms with Gasteiger partial charge in [0.05, 0.1) is 12.2 Å². The van der Waals surface area contributed by atoms with Crippen LogP contribution >= 0.6 is 0 Å². The number of hydrogen-bond acceptors (Lipinski definition) is 5. The van der Waals surface area contributed by atoms with Gasteiger partial charge in [-0.2, -0.15) is 0 Å². The Balaban J connectivity index is 1.68. The van der Waals surface area contributed by atoms with Crippen molar-refractivity contribution in [3.63, 3.8) is 0 Å². The first kappa shape index (κ1) is 14.9. The zero-order chi connectivity index (χ0) is 17.1. The van der Waals surface area contributed by atoms with Gasteiger partial charge in [-0.1, -0.05) is 18.9 Å². The number of aromatic nitrogens is 4. The molecule has 1 amide bonds. The molecule has 3 heterocycles. The molecule has 24 heavy (non-hydrogen) atoms. The number of carbonyl (C=O) groups excluding carboxylic acids is 1. The molecule has 2 fully saturated rings. The highest BCUT2D eigenvalue weighted by Gasteiger charge is 2.52. The van der Waals surface area contributed by atoms with Crippen LogP contribution in [0.25, 0.3) is 0 Å². The van der Waals surface area contributed by atoms with Gasteiger partial charge >= 0.3 is 5.82 Å². The normalized spacial score (nSPS) is 22.2. The molecule has 0 bridgehead atoms. The van der Waals surface area contributed by atoms with Crippen LogP contribution in [0.5, 0.6) is 0 Å². The van der Waals surface area contributed by atoms with E-state index >= 15 is 0 Å². The molecule has 1 N–H and O–H groups in total. The van der Waals surface area contributed by atoms with E-state index in [1.54, 1.807) is 11.1 Å². The number of H-pyrrole nitrogens is 1. The molecule has 0 aromatic carbocycles. The number of nitrogens with zero attached hydrogens (tertiary/aromatic N) is 5. The van der Waals surface area contributed by atoms with Crippen LogP contribution < -0.4 is 0 Å². The van der Waals surface area contributed by atoms with E-state index in [9.17, 15) is 14.9 Å². The molecule has 1 aliphatic heterocycles. The fourth-order valence-corrected chi connectivity index (χ4v) is 3.53. The lowest BCUT2D eigenvalue weighted by Gasteiger charge is -2.53. The number of likely N-dealkylation sites (tertiary alicyclic amines) is 1. The van der Waals surface area contributed by atoms with Gasteiger partial charge in [0, 0.05) is 30.4 Å². The van der Waals surface area contributed by atoms with E-state index in [1.165, 1.54) is 6.20 Å². The van der Waals surface area contributed by atoms with Gasteiger partial charge in [-0.3, -0.25) is 4.79 Å². The highest BCUT2D eigenvalue weighted by molar-refractivity contribution is 5.98. The third kappa shape index (κ3) is 2.11. The number of imidazole rings is 1. The second-order valence-corrected chi connectivity index (χ2v) is 7.14. The van der Waals surface area contributed by atoms with E-state index in [0.29, 0.717) is 12.6 Å². The molecular formula is C15H18N6O3. The topological polar surface area (TPSA) is 110 Å². The predicted molar refractivity (Wildman–Crippen MR) is 83.3 cm³/mol. The monoisotopic (exact) mass is 330 g/mol. The molecule has 2 aromatic rings. The summed E-state index contributed by atoms with van der Waals surface area (Å²) >= 11 is 0. The molecule has 0 radical (unpaired) electrons. The highest BCUT2D eigenvalue weighted by Crippen LogP contribution is 2.50. The Morgan fingerprint density at radius 3 is 2.83 bits per heavy atom. The third-order valence-corrected chi connectivity index (χ3v) is 4.81. The average molecular weight is 330 g/mol. The fourth-order valence-electron chi connectivity index (χ4n) is 3.53. The first-order valence-electron chi connectivity index (χ1n) is 7.91. The lowest BCUT2D eigenvalue weighted by molar-refractivity contribution is -0.389. The van der Waals surface area contributed by atoms with Crippen LogP contribution in [-0.2, 0) is 0 Å². The van der Waals surface area contributed by atoms with Gasteiger partial charge in [0.15, 0.2) is 5.56 Å². The molecule has 1 aliphatic carbocycles. The number of carbonyl (C=O) groups is 1. The molecule has 4 rings (SSSR count). The van der Waals surface area contributed by atoms with Crippen LogP contribution in [0.3, 0.4) is 0 Å². The minimum atomic E-state index is -0.620. The molecule has 126 valence electrons. The molecule has 1 saturated carbocycles. The van der Waals surface area contributed by atoms with Crippen molar-refractivity contribution in [1.82, 2.24) is 24.6 Å². The Morgan fingerprint density at radius 2 is 2.21 bits per heavy atom. The van der Waals surface area contributed by atoms with Gasteiger partial charge < -0.3 is 19.6 Å². The molecule has 1 saturated heterocycles. The van der Waals surface area contributed by atoms with E-state index in [4.69, 9.17) is 0 Å². The first-order chi connectivity index (χ1) is 11.4. The Labute approximate surface area is 137 Å². The summed E-state index contributed by atoms with van der Waals surface area (Å²) in [5, 5.41) is 17.0. The maximum Gasteiger partial charge on any atom is 0.355 e. The summed E-state index contributed by atoms with van der Waals surface area (Å²) in [6, 6.07) is 0.259. The lowest BCUT2D eigenvalue weighted by atomic mass is 9.74. The van der Waals surface area contributed by atoms with Gasteiger partial charge in [-0.25, -0.2) is 4.98 Å². The van der Waals surface area contributed by atoms with E-state index < -0.39 is 4.92 Å². The number of amides is 1. The molecule has 9 heteroatoms. The van der Waals surface area contributed by atoms with E-state index in [1.807, 2.05) is 6.20 Å². The summed E-state index contributed by atoms with van der Waals surface area (Å²) in [6.07, 6.45) is 7.17. The van der Waals surface area contributed by atoms with Crippen LogP contribution in [0.1, 0.15) is 55.0 Å². The van der Waals surface area contributed by atoms with Gasteiger partial charge in [0.25, 0.3) is 5.91 Å². The van der Waals surface area contributed by atoms with Gasteiger partial charge in [0.1, 0.15) is 5.82 Å². The SMILES string of the molecule is CC1(C)CN(C(=O)c2cn[nH]c2[N+](=O)[O-])C1c1nccn1C1CC1. The van der Waals surface area contributed by atoms with E-state index in [0.717, 1.165) is 18.7 Å². The summed E-state index contributed by atoms with van der Waals surface area (Å²) in [6.45, 7) is 4.69. The minimum Gasteiger partial charge on any atom is -0.358 e. The van der Waals surface area contributed by atoms with Gasteiger partial charge in [0.2, 0.25) is 0 Å². The van der Waals surface area contributed by atoms with E-state index in [-0.39, 0.29) is 28.7 Å². The van der Waals surface area contributed by atoms with Crippen LogP contribution in [-0.4, -0.2) is 42.0 Å². The zero-order valence-electron chi connectivity index (χ0n) is 13.5. The maximum atomic E-state index is 12.8. The number of nitro groups is 1. The predicted octanol–water partition coefficient (Wildman–Crippen LogP) is 2.07. The Hall–Kier alpha value is -2.71. The maximum absolute atomic E-state index is 12.8. The highest BCUT2D eigenvalue weighted by atomic mass is 16.6. The van der Waals surface area contributed by atoms with Crippen molar-refractivity contribution < 1.29 is 9.72 Å². The summed E-state index contributed by atoms with van der Waals surface area (Å²) in [5.41, 5.74) is -0.142. The first-order valence-corrected chi connectivity index (χ1v) is 7.91. The summed E-state index contributed by atoms with van der Waals surface area (Å²) < 4.78 is 2.13. The molecule has 0 spiro atoms. The lowest BCUT2D eigenvalue weighted by Crippen LogP contribution is -2.58. The molecule has 1 atom stereocenters. The van der Waals surface area contributed by atoms with Crippen LogP contribution in [0.15, 0.2) is 18.6 Å².